The number of nitrogens with one attached hydrogen (secondary N) is 1. The van der Waals surface area contributed by atoms with Gasteiger partial charge in [-0.1, -0.05) is 12.8 Å². The van der Waals surface area contributed by atoms with E-state index >= 15 is 0 Å². The van der Waals surface area contributed by atoms with Crippen LogP contribution in [0.25, 0.3) is 0 Å². The Morgan fingerprint density at radius 1 is 1.32 bits per heavy atom. The SMILES string of the molecule is Cc1[nH]c(=O)c(C#N)c(C)c1CCC(=O)N1[C@H](C)C[C@@H]2CCCC[C@@H]21. The minimum Gasteiger partial charge on any atom is -0.337 e. The quantitative estimate of drug-likeness (QED) is 0.918. The number of aryl methyl sites for hydroxylation is 1. The van der Waals surface area contributed by atoms with Gasteiger partial charge < -0.3 is 9.88 Å². The summed E-state index contributed by atoms with van der Waals surface area (Å²) in [6.07, 6.45) is 7.04. The molecule has 1 aliphatic carbocycles. The number of carbonyl (C=O) groups is 1. The summed E-state index contributed by atoms with van der Waals surface area (Å²) in [7, 11) is 0. The summed E-state index contributed by atoms with van der Waals surface area (Å²) >= 11 is 0. The molecule has 3 atom stereocenters. The van der Waals surface area contributed by atoms with Gasteiger partial charge in [0.25, 0.3) is 5.56 Å². The summed E-state index contributed by atoms with van der Waals surface area (Å²) in [5.74, 6) is 0.889. The van der Waals surface area contributed by atoms with E-state index in [9.17, 15) is 14.9 Å². The van der Waals surface area contributed by atoms with Crippen LogP contribution in [-0.4, -0.2) is 27.9 Å². The third-order valence-electron chi connectivity index (χ3n) is 6.14. The number of amides is 1. The molecule has 0 unspecified atom stereocenters. The van der Waals surface area contributed by atoms with Crippen LogP contribution in [0.2, 0.25) is 0 Å². The highest BCUT2D eigenvalue weighted by Crippen LogP contribution is 2.39. The van der Waals surface area contributed by atoms with E-state index in [-0.39, 0.29) is 17.0 Å². The number of fused-ring (bicyclic) bond motifs is 1. The first-order valence-corrected chi connectivity index (χ1v) is 9.37. The number of rotatable bonds is 3. The van der Waals surface area contributed by atoms with Crippen molar-refractivity contribution in [3.63, 3.8) is 0 Å². The van der Waals surface area contributed by atoms with Crippen LogP contribution < -0.4 is 5.56 Å². The maximum atomic E-state index is 12.9. The van der Waals surface area contributed by atoms with Gasteiger partial charge in [-0.25, -0.2) is 0 Å². The van der Waals surface area contributed by atoms with Gasteiger partial charge in [-0.05, 0) is 63.5 Å². The zero-order chi connectivity index (χ0) is 18.1. The fourth-order valence-corrected chi connectivity index (χ4v) is 4.92. The number of likely N-dealkylation sites (tertiary alicyclic amines) is 1. The van der Waals surface area contributed by atoms with Crippen LogP contribution in [0.3, 0.4) is 0 Å². The molecule has 2 fully saturated rings. The molecule has 2 heterocycles. The molecule has 3 rings (SSSR count). The van der Waals surface area contributed by atoms with Crippen molar-refractivity contribution >= 4 is 5.91 Å². The van der Waals surface area contributed by atoms with Crippen molar-refractivity contribution in [1.82, 2.24) is 9.88 Å². The molecule has 1 aromatic rings. The molecule has 1 aromatic heterocycles. The van der Waals surface area contributed by atoms with Crippen molar-refractivity contribution in [2.45, 2.75) is 77.8 Å². The molecule has 1 amide bonds. The molecule has 134 valence electrons. The fourth-order valence-electron chi connectivity index (χ4n) is 4.92. The second kappa shape index (κ2) is 7.03. The van der Waals surface area contributed by atoms with E-state index in [0.717, 1.165) is 24.1 Å². The summed E-state index contributed by atoms with van der Waals surface area (Å²) in [5.41, 5.74) is 2.22. The van der Waals surface area contributed by atoms with Gasteiger partial charge in [-0.3, -0.25) is 9.59 Å². The summed E-state index contributed by atoms with van der Waals surface area (Å²) in [5, 5.41) is 9.18. The van der Waals surface area contributed by atoms with Gasteiger partial charge in [-0.2, -0.15) is 5.26 Å². The van der Waals surface area contributed by atoms with E-state index in [1.807, 2.05) is 13.0 Å². The van der Waals surface area contributed by atoms with E-state index in [1.54, 1.807) is 6.92 Å². The van der Waals surface area contributed by atoms with Gasteiger partial charge in [0.1, 0.15) is 11.6 Å². The summed E-state index contributed by atoms with van der Waals surface area (Å²) in [6, 6.07) is 2.73. The monoisotopic (exact) mass is 341 g/mol. The molecule has 0 spiro atoms. The smallest absolute Gasteiger partial charge is 0.266 e. The van der Waals surface area contributed by atoms with Crippen LogP contribution in [0.5, 0.6) is 0 Å². The highest BCUT2D eigenvalue weighted by molar-refractivity contribution is 5.77. The lowest BCUT2D eigenvalue weighted by Crippen LogP contribution is -2.42. The average molecular weight is 341 g/mol. The molecule has 1 N–H and O–H groups in total. The van der Waals surface area contributed by atoms with Crippen molar-refractivity contribution < 1.29 is 4.79 Å². The normalized spacial score (nSPS) is 25.5. The predicted molar refractivity (Wildman–Crippen MR) is 96.2 cm³/mol. The van der Waals surface area contributed by atoms with Gasteiger partial charge in [0, 0.05) is 24.2 Å². The van der Waals surface area contributed by atoms with Crippen LogP contribution >= 0.6 is 0 Å². The number of aromatic nitrogens is 1. The number of H-pyrrole nitrogens is 1. The van der Waals surface area contributed by atoms with Crippen molar-refractivity contribution in [3.05, 3.63) is 32.7 Å². The van der Waals surface area contributed by atoms with Crippen molar-refractivity contribution in [2.75, 3.05) is 0 Å². The van der Waals surface area contributed by atoms with Crippen molar-refractivity contribution in [1.29, 1.82) is 5.26 Å². The van der Waals surface area contributed by atoms with E-state index in [2.05, 4.69) is 16.8 Å². The lowest BCUT2D eigenvalue weighted by Gasteiger charge is -2.33. The second-order valence-electron chi connectivity index (χ2n) is 7.67. The minimum absolute atomic E-state index is 0.162. The molecule has 0 bridgehead atoms. The first-order valence-electron chi connectivity index (χ1n) is 9.37. The van der Waals surface area contributed by atoms with Crippen molar-refractivity contribution in [3.8, 4) is 6.07 Å². The summed E-state index contributed by atoms with van der Waals surface area (Å²) < 4.78 is 0. The van der Waals surface area contributed by atoms with Gasteiger partial charge in [0.05, 0.1) is 0 Å². The Labute approximate surface area is 149 Å². The molecule has 2 aliphatic rings. The Hall–Kier alpha value is -2.09. The van der Waals surface area contributed by atoms with Crippen molar-refractivity contribution in [2.24, 2.45) is 5.92 Å². The topological polar surface area (TPSA) is 77.0 Å². The van der Waals surface area contributed by atoms with Gasteiger partial charge in [-0.15, -0.1) is 0 Å². The fraction of sp³-hybridized carbons (Fsp3) is 0.650. The third-order valence-corrected chi connectivity index (χ3v) is 6.14. The van der Waals surface area contributed by atoms with Crippen LogP contribution in [0, 0.1) is 31.1 Å². The second-order valence-corrected chi connectivity index (χ2v) is 7.67. The number of aromatic amines is 1. The molecule has 0 radical (unpaired) electrons. The van der Waals surface area contributed by atoms with Crippen LogP contribution in [0.15, 0.2) is 4.79 Å². The lowest BCUT2D eigenvalue weighted by molar-refractivity contribution is -0.134. The van der Waals surface area contributed by atoms with Gasteiger partial charge >= 0.3 is 0 Å². The number of pyridine rings is 1. The Bertz CT molecular complexity index is 774. The molecule has 1 saturated heterocycles. The summed E-state index contributed by atoms with van der Waals surface area (Å²) in [6.45, 7) is 5.81. The molecule has 5 heteroatoms. The number of hydrogen-bond acceptors (Lipinski definition) is 3. The number of hydrogen-bond donors (Lipinski definition) is 1. The number of nitrogens with zero attached hydrogens (tertiary/aromatic N) is 2. The molecule has 1 saturated carbocycles. The molecule has 25 heavy (non-hydrogen) atoms. The van der Waals surface area contributed by atoms with Gasteiger partial charge in [0.15, 0.2) is 0 Å². The van der Waals surface area contributed by atoms with E-state index in [1.165, 1.54) is 19.3 Å². The highest BCUT2D eigenvalue weighted by Gasteiger charge is 2.42. The van der Waals surface area contributed by atoms with Crippen LogP contribution in [0.1, 0.15) is 67.8 Å². The van der Waals surface area contributed by atoms with E-state index in [0.29, 0.717) is 36.4 Å². The average Bonchev–Trinajstić information content (AvgIpc) is 2.90. The maximum absolute atomic E-state index is 12.9. The standard InChI is InChI=1S/C20H27N3O2/c1-12-10-15-6-4-5-7-18(15)23(12)19(24)9-8-16-13(2)17(11-21)20(25)22-14(16)3/h12,15,18H,4-10H2,1-3H3,(H,22,25)/t12-,15+,18+/m1/s1. The molecular formula is C20H27N3O2. The molecule has 0 aromatic carbocycles. The number of nitriles is 1. The molecule has 5 nitrogen and oxygen atoms in total. The Morgan fingerprint density at radius 3 is 2.76 bits per heavy atom. The zero-order valence-corrected chi connectivity index (χ0v) is 15.4. The van der Waals surface area contributed by atoms with E-state index < -0.39 is 0 Å². The Balaban J connectivity index is 1.75. The first kappa shape index (κ1) is 17.7. The zero-order valence-electron chi connectivity index (χ0n) is 15.4. The molecular weight excluding hydrogens is 314 g/mol. The predicted octanol–water partition coefficient (Wildman–Crippen LogP) is 2.98. The third kappa shape index (κ3) is 3.22. The minimum atomic E-state index is -0.342. The van der Waals surface area contributed by atoms with Crippen LogP contribution in [-0.2, 0) is 11.2 Å². The van der Waals surface area contributed by atoms with E-state index in [4.69, 9.17) is 0 Å². The Kier molecular flexibility index (Phi) is 4.99. The molecule has 1 aliphatic heterocycles. The first-order chi connectivity index (χ1) is 11.9. The Morgan fingerprint density at radius 2 is 2.04 bits per heavy atom. The van der Waals surface area contributed by atoms with Gasteiger partial charge in [0.2, 0.25) is 5.91 Å². The maximum Gasteiger partial charge on any atom is 0.266 e. The van der Waals surface area contributed by atoms with Crippen LogP contribution in [0.4, 0.5) is 0 Å². The highest BCUT2D eigenvalue weighted by atomic mass is 16.2. The number of carbonyl (C=O) groups excluding carboxylic acids is 1. The largest absolute Gasteiger partial charge is 0.337 e. The summed E-state index contributed by atoms with van der Waals surface area (Å²) in [4.78, 5) is 29.6. The lowest BCUT2D eigenvalue weighted by atomic mass is 9.85.